The Kier molecular flexibility index (Phi) is 5.06. The number of nitrogens with one attached hydrogen (secondary N) is 1. The molecule has 5 heteroatoms. The highest BCUT2D eigenvalue weighted by atomic mass is 35.5. The summed E-state index contributed by atoms with van der Waals surface area (Å²) in [5.74, 6) is 8.14. The number of hydrogen-bond donors (Lipinski definition) is 2. The lowest BCUT2D eigenvalue weighted by molar-refractivity contribution is 0.527. The molecule has 1 aliphatic rings. The van der Waals surface area contributed by atoms with Crippen molar-refractivity contribution in [3.63, 3.8) is 0 Å². The number of halogens is 1. The van der Waals surface area contributed by atoms with Gasteiger partial charge in [0.1, 0.15) is 0 Å². The Hall–Kier alpha value is 0.130. The highest BCUT2D eigenvalue weighted by Crippen LogP contribution is 2.39. The second-order valence-electron chi connectivity index (χ2n) is 4.08. The SMILES string of the molecule is CC1SCCSC1C(NN)c1ccccc1Cl. The maximum absolute atomic E-state index is 6.25. The summed E-state index contributed by atoms with van der Waals surface area (Å²) < 4.78 is 0. The minimum Gasteiger partial charge on any atom is -0.271 e. The van der Waals surface area contributed by atoms with E-state index >= 15 is 0 Å². The Labute approximate surface area is 116 Å². The lowest BCUT2D eigenvalue weighted by atomic mass is 10.0. The Morgan fingerprint density at radius 1 is 1.35 bits per heavy atom. The van der Waals surface area contributed by atoms with Gasteiger partial charge in [0.05, 0.1) is 6.04 Å². The molecule has 1 saturated heterocycles. The molecule has 0 amide bonds. The van der Waals surface area contributed by atoms with Gasteiger partial charge in [-0.2, -0.15) is 23.5 Å². The third kappa shape index (κ3) is 3.12. The molecule has 0 bridgehead atoms. The summed E-state index contributed by atoms with van der Waals surface area (Å²) in [6, 6.07) is 8.06. The molecule has 2 nitrogen and oxygen atoms in total. The van der Waals surface area contributed by atoms with Crippen LogP contribution in [0.2, 0.25) is 5.02 Å². The normalized spacial score (nSPS) is 26.8. The van der Waals surface area contributed by atoms with Gasteiger partial charge in [0.15, 0.2) is 0 Å². The van der Waals surface area contributed by atoms with E-state index in [0.717, 1.165) is 10.6 Å². The lowest BCUT2D eigenvalue weighted by Gasteiger charge is -2.34. The lowest BCUT2D eigenvalue weighted by Crippen LogP contribution is -2.41. The van der Waals surface area contributed by atoms with Gasteiger partial charge in [0.25, 0.3) is 0 Å². The Balaban J connectivity index is 2.23. The Bertz CT molecular complexity index is 375. The van der Waals surface area contributed by atoms with E-state index in [1.165, 1.54) is 11.5 Å². The van der Waals surface area contributed by atoms with E-state index in [0.29, 0.717) is 10.5 Å². The summed E-state index contributed by atoms with van der Waals surface area (Å²) in [5, 5.41) is 1.85. The number of benzene rings is 1. The first kappa shape index (κ1) is 13.6. The minimum absolute atomic E-state index is 0.122. The number of hydrazine groups is 1. The van der Waals surface area contributed by atoms with Gasteiger partial charge in [-0.1, -0.05) is 36.7 Å². The molecule has 3 N–H and O–H groups in total. The molecule has 3 unspecified atom stereocenters. The first-order valence-corrected chi connectivity index (χ1v) is 8.15. The van der Waals surface area contributed by atoms with Gasteiger partial charge in [-0.15, -0.1) is 0 Å². The van der Waals surface area contributed by atoms with Crippen molar-refractivity contribution in [2.75, 3.05) is 11.5 Å². The molecule has 1 aliphatic heterocycles. The fraction of sp³-hybridized carbons (Fsp3) is 0.500. The molecule has 0 aliphatic carbocycles. The van der Waals surface area contributed by atoms with Crippen molar-refractivity contribution in [3.05, 3.63) is 34.9 Å². The van der Waals surface area contributed by atoms with Crippen molar-refractivity contribution in [2.45, 2.75) is 23.5 Å². The molecular weight excluding hydrogens is 272 g/mol. The molecule has 0 spiro atoms. The molecule has 0 saturated carbocycles. The summed E-state index contributed by atoms with van der Waals surface area (Å²) in [7, 11) is 0. The predicted octanol–water partition coefficient (Wildman–Crippen LogP) is 3.08. The molecule has 1 fully saturated rings. The summed E-state index contributed by atoms with van der Waals surface area (Å²) in [6.45, 7) is 2.27. The van der Waals surface area contributed by atoms with Crippen LogP contribution in [0.25, 0.3) is 0 Å². The molecular formula is C12H17ClN2S2. The van der Waals surface area contributed by atoms with Crippen LogP contribution in [0.4, 0.5) is 0 Å². The van der Waals surface area contributed by atoms with Gasteiger partial charge in [-0.05, 0) is 11.6 Å². The van der Waals surface area contributed by atoms with Crippen LogP contribution in [0.5, 0.6) is 0 Å². The second kappa shape index (κ2) is 6.34. The van der Waals surface area contributed by atoms with Gasteiger partial charge in [-0.3, -0.25) is 11.3 Å². The molecule has 2 rings (SSSR count). The van der Waals surface area contributed by atoms with Gasteiger partial charge in [0.2, 0.25) is 0 Å². The monoisotopic (exact) mass is 288 g/mol. The Morgan fingerprint density at radius 2 is 2.06 bits per heavy atom. The van der Waals surface area contributed by atoms with Crippen LogP contribution in [-0.4, -0.2) is 22.0 Å². The molecule has 1 heterocycles. The van der Waals surface area contributed by atoms with E-state index in [2.05, 4.69) is 18.4 Å². The topological polar surface area (TPSA) is 38.0 Å². The van der Waals surface area contributed by atoms with Crippen LogP contribution < -0.4 is 11.3 Å². The summed E-state index contributed by atoms with van der Waals surface area (Å²) in [4.78, 5) is 0. The molecule has 17 heavy (non-hydrogen) atoms. The van der Waals surface area contributed by atoms with Crippen molar-refractivity contribution in [1.29, 1.82) is 0 Å². The molecule has 3 atom stereocenters. The maximum Gasteiger partial charge on any atom is 0.0603 e. The van der Waals surface area contributed by atoms with Crippen molar-refractivity contribution in [2.24, 2.45) is 5.84 Å². The third-order valence-corrected chi connectivity index (χ3v) is 6.52. The average Bonchev–Trinajstić information content (AvgIpc) is 2.34. The number of rotatable bonds is 3. The molecule has 1 aromatic carbocycles. The molecule has 0 radical (unpaired) electrons. The van der Waals surface area contributed by atoms with E-state index in [4.69, 9.17) is 17.4 Å². The highest BCUT2D eigenvalue weighted by Gasteiger charge is 2.31. The Morgan fingerprint density at radius 3 is 2.71 bits per heavy atom. The van der Waals surface area contributed by atoms with Crippen molar-refractivity contribution < 1.29 is 0 Å². The zero-order chi connectivity index (χ0) is 12.3. The van der Waals surface area contributed by atoms with E-state index < -0.39 is 0 Å². The van der Waals surface area contributed by atoms with Crippen LogP contribution in [0, 0.1) is 0 Å². The van der Waals surface area contributed by atoms with Crippen molar-refractivity contribution in [1.82, 2.24) is 5.43 Å². The van der Waals surface area contributed by atoms with Crippen LogP contribution in [0.1, 0.15) is 18.5 Å². The third-order valence-electron chi connectivity index (χ3n) is 2.99. The molecule has 1 aromatic rings. The smallest absolute Gasteiger partial charge is 0.0603 e. The van der Waals surface area contributed by atoms with Gasteiger partial charge >= 0.3 is 0 Å². The van der Waals surface area contributed by atoms with Gasteiger partial charge in [-0.25, -0.2) is 0 Å². The van der Waals surface area contributed by atoms with E-state index in [-0.39, 0.29) is 6.04 Å². The van der Waals surface area contributed by atoms with Crippen LogP contribution in [0.3, 0.4) is 0 Å². The largest absolute Gasteiger partial charge is 0.271 e. The number of thioether (sulfide) groups is 2. The first-order chi connectivity index (χ1) is 8.24. The fourth-order valence-corrected chi connectivity index (χ4v) is 5.28. The van der Waals surface area contributed by atoms with Gasteiger partial charge < -0.3 is 0 Å². The zero-order valence-corrected chi connectivity index (χ0v) is 12.1. The predicted molar refractivity (Wildman–Crippen MR) is 79.7 cm³/mol. The summed E-state index contributed by atoms with van der Waals surface area (Å²) in [5.41, 5.74) is 4.04. The van der Waals surface area contributed by atoms with E-state index in [1.807, 2.05) is 41.7 Å². The van der Waals surface area contributed by atoms with Gasteiger partial charge in [0, 0.05) is 27.0 Å². The minimum atomic E-state index is 0.122. The van der Waals surface area contributed by atoms with E-state index in [9.17, 15) is 0 Å². The second-order valence-corrected chi connectivity index (χ2v) is 7.26. The summed E-state index contributed by atoms with van der Waals surface area (Å²) >= 11 is 10.2. The average molecular weight is 289 g/mol. The number of nitrogens with two attached hydrogens (primary N) is 1. The fourth-order valence-electron chi connectivity index (χ4n) is 2.10. The quantitative estimate of drug-likeness (QED) is 0.662. The van der Waals surface area contributed by atoms with Crippen LogP contribution in [0.15, 0.2) is 24.3 Å². The first-order valence-electron chi connectivity index (χ1n) is 5.68. The van der Waals surface area contributed by atoms with Crippen LogP contribution in [-0.2, 0) is 0 Å². The molecule has 94 valence electrons. The van der Waals surface area contributed by atoms with E-state index in [1.54, 1.807) is 0 Å². The maximum atomic E-state index is 6.25. The standard InChI is InChI=1S/C12H17ClN2S2/c1-8-12(17-7-6-16-8)11(15-14)9-4-2-3-5-10(9)13/h2-5,8,11-12,15H,6-7,14H2,1H3. The summed E-state index contributed by atoms with van der Waals surface area (Å²) in [6.07, 6.45) is 0. The molecule has 0 aromatic heterocycles. The highest BCUT2D eigenvalue weighted by molar-refractivity contribution is 8.07. The van der Waals surface area contributed by atoms with Crippen molar-refractivity contribution in [3.8, 4) is 0 Å². The van der Waals surface area contributed by atoms with Crippen molar-refractivity contribution >= 4 is 35.1 Å². The number of hydrogen-bond acceptors (Lipinski definition) is 4. The van der Waals surface area contributed by atoms with Crippen LogP contribution >= 0.6 is 35.1 Å². The zero-order valence-electron chi connectivity index (χ0n) is 9.73.